The lowest BCUT2D eigenvalue weighted by atomic mass is 10.0. The molecule has 1 atom stereocenters. The number of nitrogens with zero attached hydrogens (tertiary/aromatic N) is 1. The Morgan fingerprint density at radius 2 is 1.76 bits per heavy atom. The van der Waals surface area contributed by atoms with Crippen LogP contribution in [0.25, 0.3) is 10.9 Å². The number of anilines is 1. The minimum Gasteiger partial charge on any atom is -0.497 e. The van der Waals surface area contributed by atoms with Gasteiger partial charge in [-0.05, 0) is 31.2 Å². The Balaban J connectivity index is 1.89. The van der Waals surface area contributed by atoms with Crippen molar-refractivity contribution in [3.63, 3.8) is 0 Å². The van der Waals surface area contributed by atoms with Crippen molar-refractivity contribution in [1.29, 1.82) is 0 Å². The fourth-order valence-corrected chi connectivity index (χ4v) is 2.68. The number of fused-ring (bicyclic) bond motifs is 1. The number of alkyl halides is 2. The van der Waals surface area contributed by atoms with E-state index >= 15 is 0 Å². The predicted octanol–water partition coefficient (Wildman–Crippen LogP) is 5.49. The zero-order valence-electron chi connectivity index (χ0n) is 13.8. The van der Waals surface area contributed by atoms with Crippen LogP contribution in [0, 0.1) is 5.82 Å². The first-order chi connectivity index (χ1) is 12.0. The van der Waals surface area contributed by atoms with E-state index < -0.39 is 23.8 Å². The Kier molecular flexibility index (Phi) is 4.79. The second-order valence-corrected chi connectivity index (χ2v) is 5.67. The molecule has 1 heterocycles. The monoisotopic (exact) mass is 346 g/mol. The fourth-order valence-electron chi connectivity index (χ4n) is 2.68. The molecule has 130 valence electrons. The van der Waals surface area contributed by atoms with Crippen molar-refractivity contribution in [2.45, 2.75) is 19.4 Å². The van der Waals surface area contributed by atoms with Crippen LogP contribution in [0.2, 0.25) is 0 Å². The van der Waals surface area contributed by atoms with Crippen LogP contribution in [0.1, 0.15) is 30.5 Å². The molecule has 0 fully saturated rings. The van der Waals surface area contributed by atoms with Gasteiger partial charge < -0.3 is 10.1 Å². The Morgan fingerprint density at radius 1 is 1.04 bits per heavy atom. The number of methoxy groups -OCH3 is 1. The van der Waals surface area contributed by atoms with E-state index in [2.05, 4.69) is 10.3 Å². The Bertz CT molecular complexity index is 899. The van der Waals surface area contributed by atoms with Crippen molar-refractivity contribution >= 4 is 16.7 Å². The maximum absolute atomic E-state index is 14.3. The largest absolute Gasteiger partial charge is 0.497 e. The summed E-state index contributed by atoms with van der Waals surface area (Å²) in [6, 6.07) is 12.7. The van der Waals surface area contributed by atoms with Gasteiger partial charge in [0.2, 0.25) is 0 Å². The molecule has 6 heteroatoms. The maximum atomic E-state index is 14.3. The van der Waals surface area contributed by atoms with Gasteiger partial charge in [0, 0.05) is 17.0 Å². The Labute approximate surface area is 143 Å². The number of benzene rings is 2. The quantitative estimate of drug-likeness (QED) is 0.663. The smallest absolute Gasteiger partial charge is 0.266 e. The number of hydrogen-bond donors (Lipinski definition) is 1. The highest BCUT2D eigenvalue weighted by atomic mass is 19.3. The first-order valence-corrected chi connectivity index (χ1v) is 7.77. The van der Waals surface area contributed by atoms with Gasteiger partial charge in [-0.2, -0.15) is 0 Å². The highest BCUT2D eigenvalue weighted by Crippen LogP contribution is 2.29. The van der Waals surface area contributed by atoms with Crippen LogP contribution in [-0.4, -0.2) is 12.1 Å². The topological polar surface area (TPSA) is 34.1 Å². The molecule has 0 saturated carbocycles. The molecule has 0 amide bonds. The summed E-state index contributed by atoms with van der Waals surface area (Å²) in [6.07, 6.45) is -2.85. The second kappa shape index (κ2) is 7.01. The van der Waals surface area contributed by atoms with E-state index in [0.29, 0.717) is 11.6 Å². The molecule has 1 aromatic heterocycles. The molecule has 0 aliphatic rings. The summed E-state index contributed by atoms with van der Waals surface area (Å²) in [5.74, 6) is 0.316. The third kappa shape index (κ3) is 3.52. The van der Waals surface area contributed by atoms with Crippen LogP contribution in [-0.2, 0) is 0 Å². The van der Waals surface area contributed by atoms with Gasteiger partial charge in [0.05, 0.1) is 24.2 Å². The summed E-state index contributed by atoms with van der Waals surface area (Å²) in [7, 11) is 1.57. The van der Waals surface area contributed by atoms with E-state index in [1.807, 2.05) is 18.2 Å². The van der Waals surface area contributed by atoms with Gasteiger partial charge >= 0.3 is 0 Å². The zero-order valence-corrected chi connectivity index (χ0v) is 13.8. The van der Waals surface area contributed by atoms with E-state index in [4.69, 9.17) is 4.74 Å². The number of halogens is 3. The average molecular weight is 346 g/mol. The first kappa shape index (κ1) is 17.1. The van der Waals surface area contributed by atoms with Crippen molar-refractivity contribution in [2.24, 2.45) is 0 Å². The van der Waals surface area contributed by atoms with Gasteiger partial charge in [0.15, 0.2) is 0 Å². The number of rotatable bonds is 5. The van der Waals surface area contributed by atoms with Crippen molar-refractivity contribution in [3.05, 3.63) is 65.5 Å². The Hall–Kier alpha value is -2.76. The number of hydrogen-bond acceptors (Lipinski definition) is 3. The third-order valence-electron chi connectivity index (χ3n) is 4.02. The van der Waals surface area contributed by atoms with Gasteiger partial charge in [0.1, 0.15) is 17.4 Å². The lowest BCUT2D eigenvalue weighted by Gasteiger charge is -2.17. The highest BCUT2D eigenvalue weighted by molar-refractivity contribution is 5.81. The maximum Gasteiger partial charge on any atom is 0.266 e. The average Bonchev–Trinajstić information content (AvgIpc) is 2.60. The van der Waals surface area contributed by atoms with Crippen LogP contribution in [0.15, 0.2) is 48.5 Å². The minimum atomic E-state index is -2.85. The number of nitrogens with one attached hydrogen (secondary N) is 1. The summed E-state index contributed by atoms with van der Waals surface area (Å²) < 4.78 is 45.2. The molecule has 0 aliphatic carbocycles. The summed E-state index contributed by atoms with van der Waals surface area (Å²) in [5.41, 5.74) is 0.297. The van der Waals surface area contributed by atoms with Gasteiger partial charge in [0.25, 0.3) is 6.43 Å². The van der Waals surface area contributed by atoms with E-state index in [0.717, 1.165) is 17.0 Å². The van der Waals surface area contributed by atoms with E-state index in [9.17, 15) is 13.2 Å². The van der Waals surface area contributed by atoms with Gasteiger partial charge in [-0.3, -0.25) is 0 Å². The van der Waals surface area contributed by atoms with Gasteiger partial charge in [-0.25, -0.2) is 18.2 Å². The summed E-state index contributed by atoms with van der Waals surface area (Å²) in [6.45, 7) is 1.70. The normalized spacial score (nSPS) is 12.4. The fraction of sp³-hybridized carbons (Fsp3) is 0.211. The van der Waals surface area contributed by atoms with Crippen LogP contribution >= 0.6 is 0 Å². The summed E-state index contributed by atoms with van der Waals surface area (Å²) in [4.78, 5) is 4.47. The van der Waals surface area contributed by atoms with Gasteiger partial charge in [-0.1, -0.05) is 18.2 Å². The minimum absolute atomic E-state index is 0.172. The molecule has 3 nitrogen and oxygen atoms in total. The molecular formula is C19H17F3N2O. The number of pyridine rings is 1. The molecule has 0 saturated heterocycles. The molecule has 1 unspecified atom stereocenters. The molecule has 25 heavy (non-hydrogen) atoms. The summed E-state index contributed by atoms with van der Waals surface area (Å²) >= 11 is 0. The first-order valence-electron chi connectivity index (χ1n) is 7.77. The standard InChI is InChI=1S/C19H17F3N2O/c1-11(14-4-3-5-15(18(14)20)19(21)22)23-17-9-7-12-6-8-13(25-2)10-16(12)24-17/h3-11,19H,1-2H3,(H,23,24). The molecule has 0 bridgehead atoms. The van der Waals surface area contributed by atoms with E-state index in [-0.39, 0.29) is 5.56 Å². The zero-order chi connectivity index (χ0) is 18.0. The van der Waals surface area contributed by atoms with E-state index in [1.165, 1.54) is 12.1 Å². The van der Waals surface area contributed by atoms with E-state index in [1.54, 1.807) is 26.2 Å². The Morgan fingerprint density at radius 3 is 2.48 bits per heavy atom. The molecule has 0 radical (unpaired) electrons. The lowest BCUT2D eigenvalue weighted by Crippen LogP contribution is -2.11. The third-order valence-corrected chi connectivity index (χ3v) is 4.02. The molecular weight excluding hydrogens is 329 g/mol. The molecule has 0 aliphatic heterocycles. The van der Waals surface area contributed by atoms with Crippen LogP contribution in [0.4, 0.5) is 19.0 Å². The van der Waals surface area contributed by atoms with Crippen molar-refractivity contribution in [1.82, 2.24) is 4.98 Å². The van der Waals surface area contributed by atoms with Crippen molar-refractivity contribution in [2.75, 3.05) is 12.4 Å². The second-order valence-electron chi connectivity index (χ2n) is 5.67. The van der Waals surface area contributed by atoms with Crippen LogP contribution in [0.3, 0.4) is 0 Å². The lowest BCUT2D eigenvalue weighted by molar-refractivity contribution is 0.146. The predicted molar refractivity (Wildman–Crippen MR) is 91.7 cm³/mol. The van der Waals surface area contributed by atoms with Crippen molar-refractivity contribution in [3.8, 4) is 5.75 Å². The number of aromatic nitrogens is 1. The summed E-state index contributed by atoms with van der Waals surface area (Å²) in [5, 5.41) is 3.99. The van der Waals surface area contributed by atoms with Gasteiger partial charge in [-0.15, -0.1) is 0 Å². The van der Waals surface area contributed by atoms with Crippen LogP contribution < -0.4 is 10.1 Å². The molecule has 0 spiro atoms. The SMILES string of the molecule is COc1ccc2ccc(NC(C)c3cccc(C(F)F)c3F)nc2c1. The molecule has 2 aromatic carbocycles. The van der Waals surface area contributed by atoms with Crippen LogP contribution in [0.5, 0.6) is 5.75 Å². The van der Waals surface area contributed by atoms with Crippen molar-refractivity contribution < 1.29 is 17.9 Å². The molecule has 3 aromatic rings. The number of ether oxygens (including phenoxy) is 1. The molecule has 3 rings (SSSR count). The molecule has 1 N–H and O–H groups in total. The highest BCUT2D eigenvalue weighted by Gasteiger charge is 2.19.